The number of aryl methyl sites for hydroxylation is 1. The summed E-state index contributed by atoms with van der Waals surface area (Å²) in [7, 11) is -3.52. The lowest BCUT2D eigenvalue weighted by atomic mass is 9.97. The van der Waals surface area contributed by atoms with Crippen molar-refractivity contribution in [2.75, 3.05) is 13.1 Å². The average Bonchev–Trinajstić information content (AvgIpc) is 2.68. The highest BCUT2D eigenvalue weighted by Crippen LogP contribution is 2.24. The zero-order valence-electron chi connectivity index (χ0n) is 16.6. The molecule has 0 atom stereocenters. The molecule has 3 rings (SSSR count). The van der Waals surface area contributed by atoms with Crippen molar-refractivity contribution < 1.29 is 13.2 Å². The molecule has 6 nitrogen and oxygen atoms in total. The molecule has 1 aromatic carbocycles. The molecule has 0 bridgehead atoms. The number of pyridine rings is 1. The van der Waals surface area contributed by atoms with Crippen molar-refractivity contribution in [1.29, 1.82) is 0 Å². The molecule has 1 fully saturated rings. The summed E-state index contributed by atoms with van der Waals surface area (Å²) < 4.78 is 28.8. The van der Waals surface area contributed by atoms with Crippen LogP contribution in [0.3, 0.4) is 0 Å². The molecule has 0 amide bonds. The summed E-state index contributed by atoms with van der Waals surface area (Å²) in [5.41, 5.74) is 1.66. The van der Waals surface area contributed by atoms with Crippen LogP contribution in [0.5, 0.6) is 0 Å². The summed E-state index contributed by atoms with van der Waals surface area (Å²) in [6, 6.07) is 12.5. The monoisotopic (exact) mass is 401 g/mol. The fraction of sp³-hybridized carbons (Fsp3) is 0.429. The first-order valence-corrected chi connectivity index (χ1v) is 11.1. The Hall–Kier alpha value is -2.25. The standard InChI is InChI=1S/C21H27N3O3S/c1-16(2)22-20-6-4-5-13-24(20)21(25)18-11-14-23(15-12-18)28(26,27)19-9-7-17(3)8-10-19/h4-10,13,16,18H,11-12,14-15H2,1-3H3. The van der Waals surface area contributed by atoms with Crippen LogP contribution in [0.4, 0.5) is 0 Å². The maximum atomic E-state index is 13.0. The number of benzene rings is 1. The van der Waals surface area contributed by atoms with Crippen LogP contribution in [0.25, 0.3) is 0 Å². The minimum Gasteiger partial charge on any atom is -0.274 e. The van der Waals surface area contributed by atoms with Gasteiger partial charge in [-0.05, 0) is 57.9 Å². The van der Waals surface area contributed by atoms with Crippen LogP contribution < -0.4 is 5.49 Å². The Morgan fingerprint density at radius 2 is 1.71 bits per heavy atom. The maximum absolute atomic E-state index is 13.0. The molecule has 2 aromatic rings. The molecule has 0 spiro atoms. The third kappa shape index (κ3) is 4.42. The second-order valence-electron chi connectivity index (χ2n) is 7.48. The molecule has 0 saturated carbocycles. The number of piperidine rings is 1. The van der Waals surface area contributed by atoms with Crippen LogP contribution in [0.2, 0.25) is 0 Å². The summed E-state index contributed by atoms with van der Waals surface area (Å²) in [5, 5.41) is 0. The molecular formula is C21H27N3O3S. The molecule has 7 heteroatoms. The average molecular weight is 402 g/mol. The number of carbonyl (C=O) groups excluding carboxylic acids is 1. The zero-order chi connectivity index (χ0) is 20.3. The van der Waals surface area contributed by atoms with Crippen molar-refractivity contribution in [3.8, 4) is 0 Å². The molecule has 0 aliphatic carbocycles. The molecule has 1 aromatic heterocycles. The van der Waals surface area contributed by atoms with Gasteiger partial charge in [0.1, 0.15) is 5.49 Å². The van der Waals surface area contributed by atoms with E-state index in [0.717, 1.165) is 5.56 Å². The van der Waals surface area contributed by atoms with Gasteiger partial charge in [-0.3, -0.25) is 14.4 Å². The van der Waals surface area contributed by atoms with E-state index in [2.05, 4.69) is 4.99 Å². The largest absolute Gasteiger partial charge is 0.274 e. The normalized spacial score (nSPS) is 17.2. The van der Waals surface area contributed by atoms with E-state index in [-0.39, 0.29) is 17.9 Å². The van der Waals surface area contributed by atoms with Gasteiger partial charge in [0, 0.05) is 31.2 Å². The summed E-state index contributed by atoms with van der Waals surface area (Å²) in [6.45, 7) is 6.55. The maximum Gasteiger partial charge on any atom is 0.243 e. The highest BCUT2D eigenvalue weighted by molar-refractivity contribution is 7.89. The molecular weight excluding hydrogens is 374 g/mol. The van der Waals surface area contributed by atoms with Crippen LogP contribution in [0.15, 0.2) is 58.5 Å². The highest BCUT2D eigenvalue weighted by atomic mass is 32.2. The van der Waals surface area contributed by atoms with Gasteiger partial charge in [-0.2, -0.15) is 4.31 Å². The Labute approximate surface area is 166 Å². The third-order valence-corrected chi connectivity index (χ3v) is 6.84. The number of aromatic nitrogens is 1. The van der Waals surface area contributed by atoms with E-state index in [1.54, 1.807) is 35.0 Å². The molecule has 2 heterocycles. The van der Waals surface area contributed by atoms with Crippen molar-refractivity contribution in [2.45, 2.75) is 44.6 Å². The number of nitrogens with zero attached hydrogens (tertiary/aromatic N) is 3. The van der Waals surface area contributed by atoms with E-state index in [9.17, 15) is 13.2 Å². The van der Waals surface area contributed by atoms with E-state index >= 15 is 0 Å². The van der Waals surface area contributed by atoms with Gasteiger partial charge in [0.05, 0.1) is 4.90 Å². The van der Waals surface area contributed by atoms with E-state index in [1.165, 1.54) is 4.31 Å². The van der Waals surface area contributed by atoms with Crippen LogP contribution in [-0.4, -0.2) is 42.3 Å². The molecule has 1 aliphatic heterocycles. The first kappa shape index (κ1) is 20.5. The summed E-state index contributed by atoms with van der Waals surface area (Å²) in [4.78, 5) is 17.8. The Morgan fingerprint density at radius 1 is 1.07 bits per heavy atom. The zero-order valence-corrected chi connectivity index (χ0v) is 17.4. The van der Waals surface area contributed by atoms with E-state index in [4.69, 9.17) is 0 Å². The fourth-order valence-electron chi connectivity index (χ4n) is 3.39. The molecule has 1 saturated heterocycles. The van der Waals surface area contributed by atoms with Crippen LogP contribution in [-0.2, 0) is 10.0 Å². The lowest BCUT2D eigenvalue weighted by Crippen LogP contribution is -2.42. The minimum atomic E-state index is -3.52. The van der Waals surface area contributed by atoms with Gasteiger partial charge in [-0.15, -0.1) is 0 Å². The Morgan fingerprint density at radius 3 is 2.32 bits per heavy atom. The van der Waals surface area contributed by atoms with Crippen molar-refractivity contribution in [1.82, 2.24) is 8.87 Å². The van der Waals surface area contributed by atoms with Crippen molar-refractivity contribution >= 4 is 15.9 Å². The Kier molecular flexibility index (Phi) is 6.15. The van der Waals surface area contributed by atoms with Gasteiger partial charge in [0.2, 0.25) is 15.9 Å². The topological polar surface area (TPSA) is 71.7 Å². The quantitative estimate of drug-likeness (QED) is 0.791. The molecule has 150 valence electrons. The van der Waals surface area contributed by atoms with Gasteiger partial charge in [-0.1, -0.05) is 23.8 Å². The highest BCUT2D eigenvalue weighted by Gasteiger charge is 2.32. The lowest BCUT2D eigenvalue weighted by Gasteiger charge is -2.30. The molecule has 0 radical (unpaired) electrons. The van der Waals surface area contributed by atoms with E-state index in [1.807, 2.05) is 39.0 Å². The third-order valence-electron chi connectivity index (χ3n) is 4.93. The van der Waals surface area contributed by atoms with Gasteiger partial charge in [-0.25, -0.2) is 8.42 Å². The smallest absolute Gasteiger partial charge is 0.243 e. The van der Waals surface area contributed by atoms with Crippen LogP contribution in [0, 0.1) is 12.8 Å². The van der Waals surface area contributed by atoms with Crippen LogP contribution >= 0.6 is 0 Å². The predicted molar refractivity (Wildman–Crippen MR) is 108 cm³/mol. The van der Waals surface area contributed by atoms with Gasteiger partial charge >= 0.3 is 0 Å². The van der Waals surface area contributed by atoms with E-state index in [0.29, 0.717) is 36.3 Å². The first-order valence-electron chi connectivity index (χ1n) is 9.61. The minimum absolute atomic E-state index is 0.0209. The number of sulfonamides is 1. The SMILES string of the molecule is Cc1ccc(S(=O)(=O)N2CCC(C(=O)n3ccccc3=NC(C)C)CC2)cc1. The second kappa shape index (κ2) is 8.41. The molecule has 28 heavy (non-hydrogen) atoms. The predicted octanol–water partition coefficient (Wildman–Crippen LogP) is 2.85. The van der Waals surface area contributed by atoms with Gasteiger partial charge < -0.3 is 0 Å². The molecule has 0 N–H and O–H groups in total. The Balaban J connectivity index is 1.74. The molecule has 1 aliphatic rings. The fourth-order valence-corrected chi connectivity index (χ4v) is 4.86. The first-order chi connectivity index (χ1) is 13.3. The van der Waals surface area contributed by atoms with Gasteiger partial charge in [0.25, 0.3) is 0 Å². The summed E-state index contributed by atoms with van der Waals surface area (Å²) >= 11 is 0. The van der Waals surface area contributed by atoms with E-state index < -0.39 is 10.0 Å². The number of hydrogen-bond acceptors (Lipinski definition) is 4. The second-order valence-corrected chi connectivity index (χ2v) is 9.42. The van der Waals surface area contributed by atoms with Crippen molar-refractivity contribution in [2.24, 2.45) is 10.9 Å². The summed E-state index contributed by atoms with van der Waals surface area (Å²) in [6.07, 6.45) is 2.75. The number of rotatable bonds is 4. The summed E-state index contributed by atoms with van der Waals surface area (Å²) in [5.74, 6) is -0.231. The number of hydrogen-bond donors (Lipinski definition) is 0. The van der Waals surface area contributed by atoms with Crippen molar-refractivity contribution in [3.05, 3.63) is 59.7 Å². The molecule has 0 unspecified atom stereocenters. The number of carbonyl (C=O) groups is 1. The van der Waals surface area contributed by atoms with Crippen LogP contribution in [0.1, 0.15) is 37.0 Å². The van der Waals surface area contributed by atoms with Crippen molar-refractivity contribution in [3.63, 3.8) is 0 Å². The Bertz CT molecular complexity index is 1000. The lowest BCUT2D eigenvalue weighted by molar-refractivity contribution is 0.0781. The van der Waals surface area contributed by atoms with Gasteiger partial charge in [0.15, 0.2) is 0 Å².